The van der Waals surface area contributed by atoms with Gasteiger partial charge in [-0.1, -0.05) is 18.5 Å². The first-order valence-corrected chi connectivity index (χ1v) is 7.30. The van der Waals surface area contributed by atoms with Crippen molar-refractivity contribution in [1.29, 1.82) is 0 Å². The summed E-state index contributed by atoms with van der Waals surface area (Å²) in [5.41, 5.74) is 6.90. The van der Waals surface area contributed by atoms with Gasteiger partial charge in [0.25, 0.3) is 5.89 Å². The van der Waals surface area contributed by atoms with Gasteiger partial charge in [-0.2, -0.15) is 4.98 Å². The molecule has 5 nitrogen and oxygen atoms in total. The molecule has 2 heterocycles. The molecule has 0 spiro atoms. The molecule has 108 valence electrons. The van der Waals surface area contributed by atoms with E-state index in [-0.39, 0.29) is 0 Å². The van der Waals surface area contributed by atoms with Gasteiger partial charge in [0.2, 0.25) is 0 Å². The maximum absolute atomic E-state index is 6.49. The van der Waals surface area contributed by atoms with Crippen molar-refractivity contribution in [2.75, 3.05) is 0 Å². The van der Waals surface area contributed by atoms with Crippen LogP contribution in [0, 0.1) is 12.8 Å². The SMILES string of the molecule is CCC1CCC(N)(c2noc(-c3ccoc3C)n2)CC1. The molecule has 1 fully saturated rings. The number of furan rings is 1. The van der Waals surface area contributed by atoms with Crippen LogP contribution in [0.5, 0.6) is 0 Å². The summed E-state index contributed by atoms with van der Waals surface area (Å²) in [6.45, 7) is 4.12. The Labute approximate surface area is 118 Å². The zero-order valence-corrected chi connectivity index (χ0v) is 12.1. The molecule has 2 aromatic rings. The molecule has 0 amide bonds. The van der Waals surface area contributed by atoms with Crippen molar-refractivity contribution in [3.8, 4) is 11.5 Å². The monoisotopic (exact) mass is 275 g/mol. The minimum absolute atomic E-state index is 0.439. The average molecular weight is 275 g/mol. The molecular weight excluding hydrogens is 254 g/mol. The van der Waals surface area contributed by atoms with E-state index < -0.39 is 5.54 Å². The Morgan fingerprint density at radius 1 is 1.40 bits per heavy atom. The Morgan fingerprint density at radius 2 is 2.15 bits per heavy atom. The molecule has 0 radical (unpaired) electrons. The minimum atomic E-state index is -0.439. The van der Waals surface area contributed by atoms with Gasteiger partial charge in [-0.3, -0.25) is 0 Å². The summed E-state index contributed by atoms with van der Waals surface area (Å²) in [5.74, 6) is 2.69. The van der Waals surface area contributed by atoms with E-state index >= 15 is 0 Å². The van der Waals surface area contributed by atoms with Crippen molar-refractivity contribution in [3.63, 3.8) is 0 Å². The molecule has 0 atom stereocenters. The fourth-order valence-corrected chi connectivity index (χ4v) is 2.97. The average Bonchev–Trinajstić information content (AvgIpc) is 3.08. The number of rotatable bonds is 3. The third kappa shape index (κ3) is 2.26. The fraction of sp³-hybridized carbons (Fsp3) is 0.600. The van der Waals surface area contributed by atoms with E-state index in [2.05, 4.69) is 17.1 Å². The van der Waals surface area contributed by atoms with E-state index in [0.29, 0.717) is 11.7 Å². The second kappa shape index (κ2) is 5.05. The van der Waals surface area contributed by atoms with Crippen molar-refractivity contribution in [2.24, 2.45) is 11.7 Å². The lowest BCUT2D eigenvalue weighted by Gasteiger charge is -2.34. The number of hydrogen-bond donors (Lipinski definition) is 1. The normalized spacial score (nSPS) is 26.9. The van der Waals surface area contributed by atoms with Crippen molar-refractivity contribution in [2.45, 2.75) is 51.5 Å². The van der Waals surface area contributed by atoms with E-state index in [1.165, 1.54) is 6.42 Å². The summed E-state index contributed by atoms with van der Waals surface area (Å²) >= 11 is 0. The van der Waals surface area contributed by atoms with Crippen LogP contribution in [0.25, 0.3) is 11.5 Å². The highest BCUT2D eigenvalue weighted by Gasteiger charge is 2.37. The molecule has 2 N–H and O–H groups in total. The number of nitrogens with zero attached hydrogens (tertiary/aromatic N) is 2. The first-order chi connectivity index (χ1) is 9.62. The van der Waals surface area contributed by atoms with Crippen LogP contribution in [0.2, 0.25) is 0 Å². The molecule has 0 aliphatic heterocycles. The molecule has 0 unspecified atom stereocenters. The zero-order valence-electron chi connectivity index (χ0n) is 12.1. The molecule has 0 saturated heterocycles. The second-order valence-electron chi connectivity index (χ2n) is 5.82. The fourth-order valence-electron chi connectivity index (χ4n) is 2.97. The number of hydrogen-bond acceptors (Lipinski definition) is 5. The third-order valence-electron chi connectivity index (χ3n) is 4.54. The minimum Gasteiger partial charge on any atom is -0.469 e. The van der Waals surface area contributed by atoms with Gasteiger partial charge >= 0.3 is 0 Å². The van der Waals surface area contributed by atoms with E-state index in [1.807, 2.05) is 13.0 Å². The van der Waals surface area contributed by atoms with Gasteiger partial charge in [-0.25, -0.2) is 0 Å². The Hall–Kier alpha value is -1.62. The Balaban J connectivity index is 1.82. The highest BCUT2D eigenvalue weighted by atomic mass is 16.5. The van der Waals surface area contributed by atoms with Crippen LogP contribution in [0.4, 0.5) is 0 Å². The summed E-state index contributed by atoms with van der Waals surface area (Å²) in [5, 5.41) is 4.11. The van der Waals surface area contributed by atoms with Crippen LogP contribution in [0.15, 0.2) is 21.3 Å². The number of aromatic nitrogens is 2. The zero-order chi connectivity index (χ0) is 14.2. The van der Waals surface area contributed by atoms with Crippen LogP contribution >= 0.6 is 0 Å². The lowest BCUT2D eigenvalue weighted by Crippen LogP contribution is -2.41. The third-order valence-corrected chi connectivity index (χ3v) is 4.54. The summed E-state index contributed by atoms with van der Waals surface area (Å²) in [6.07, 6.45) is 6.98. The molecule has 3 rings (SSSR count). The van der Waals surface area contributed by atoms with Gasteiger partial charge < -0.3 is 14.7 Å². The summed E-state index contributed by atoms with van der Waals surface area (Å²) in [4.78, 5) is 4.50. The van der Waals surface area contributed by atoms with Crippen molar-refractivity contribution >= 4 is 0 Å². The molecule has 0 aromatic carbocycles. The predicted molar refractivity (Wildman–Crippen MR) is 74.9 cm³/mol. The van der Waals surface area contributed by atoms with Crippen molar-refractivity contribution in [1.82, 2.24) is 10.1 Å². The largest absolute Gasteiger partial charge is 0.469 e. The van der Waals surface area contributed by atoms with Crippen LogP contribution < -0.4 is 5.73 Å². The highest BCUT2D eigenvalue weighted by molar-refractivity contribution is 5.54. The Kier molecular flexibility index (Phi) is 3.38. The smallest absolute Gasteiger partial charge is 0.261 e. The first-order valence-electron chi connectivity index (χ1n) is 7.30. The van der Waals surface area contributed by atoms with Crippen LogP contribution in [0.3, 0.4) is 0 Å². The molecule has 0 bridgehead atoms. The molecule has 1 saturated carbocycles. The number of nitrogens with two attached hydrogens (primary N) is 1. The van der Waals surface area contributed by atoms with Gasteiger partial charge in [0.05, 0.1) is 17.4 Å². The highest BCUT2D eigenvalue weighted by Crippen LogP contribution is 2.38. The van der Waals surface area contributed by atoms with E-state index in [4.69, 9.17) is 14.7 Å². The first kappa shape index (κ1) is 13.4. The van der Waals surface area contributed by atoms with Crippen LogP contribution in [-0.4, -0.2) is 10.1 Å². The molecule has 2 aromatic heterocycles. The van der Waals surface area contributed by atoms with Gasteiger partial charge in [0.15, 0.2) is 5.82 Å². The molecule has 20 heavy (non-hydrogen) atoms. The molecule has 1 aliphatic carbocycles. The van der Waals surface area contributed by atoms with Crippen molar-refractivity contribution < 1.29 is 8.94 Å². The Bertz CT molecular complexity index is 579. The summed E-state index contributed by atoms with van der Waals surface area (Å²) in [6, 6.07) is 1.84. The van der Waals surface area contributed by atoms with E-state index in [1.54, 1.807) is 6.26 Å². The lowest BCUT2D eigenvalue weighted by molar-refractivity contribution is 0.216. The van der Waals surface area contributed by atoms with Crippen LogP contribution in [0.1, 0.15) is 50.6 Å². The standard InChI is InChI=1S/C15H21N3O2/c1-3-11-4-7-15(16,8-5-11)14-17-13(20-18-14)12-6-9-19-10(12)2/h6,9,11H,3-5,7-8,16H2,1-2H3. The van der Waals surface area contributed by atoms with E-state index in [0.717, 1.165) is 42.9 Å². The van der Waals surface area contributed by atoms with Crippen molar-refractivity contribution in [3.05, 3.63) is 23.9 Å². The lowest BCUT2D eigenvalue weighted by atomic mass is 9.76. The van der Waals surface area contributed by atoms with Gasteiger partial charge in [0, 0.05) is 0 Å². The second-order valence-corrected chi connectivity index (χ2v) is 5.82. The summed E-state index contributed by atoms with van der Waals surface area (Å²) in [7, 11) is 0. The summed E-state index contributed by atoms with van der Waals surface area (Å²) < 4.78 is 10.6. The molecule has 5 heteroatoms. The quantitative estimate of drug-likeness (QED) is 0.928. The molecular formula is C15H21N3O2. The number of aryl methyl sites for hydroxylation is 1. The van der Waals surface area contributed by atoms with Gasteiger partial charge in [-0.15, -0.1) is 0 Å². The Morgan fingerprint density at radius 3 is 2.75 bits per heavy atom. The van der Waals surface area contributed by atoms with Gasteiger partial charge in [-0.05, 0) is 44.6 Å². The van der Waals surface area contributed by atoms with E-state index in [9.17, 15) is 0 Å². The molecule has 1 aliphatic rings. The topological polar surface area (TPSA) is 78.1 Å². The maximum atomic E-state index is 6.49. The predicted octanol–water partition coefficient (Wildman–Crippen LogP) is 3.39. The van der Waals surface area contributed by atoms with Gasteiger partial charge in [0.1, 0.15) is 5.76 Å². The van der Waals surface area contributed by atoms with Crippen LogP contribution in [-0.2, 0) is 5.54 Å². The maximum Gasteiger partial charge on any atom is 0.261 e.